The summed E-state index contributed by atoms with van der Waals surface area (Å²) in [5.41, 5.74) is 0. The molecule has 2 unspecified atom stereocenters. The first-order valence-corrected chi connectivity index (χ1v) is 8.72. The second-order valence-electron chi connectivity index (χ2n) is 4.49. The van der Waals surface area contributed by atoms with Crippen molar-refractivity contribution in [1.82, 2.24) is 5.32 Å². The van der Waals surface area contributed by atoms with Gasteiger partial charge in [0.15, 0.2) is 0 Å². The fraction of sp³-hybridized carbons (Fsp3) is 0.385. The summed E-state index contributed by atoms with van der Waals surface area (Å²) < 4.78 is 17.7. The van der Waals surface area contributed by atoms with Crippen LogP contribution in [-0.4, -0.2) is 36.2 Å². The van der Waals surface area contributed by atoms with Gasteiger partial charge in [0.25, 0.3) is 0 Å². The van der Waals surface area contributed by atoms with Crippen molar-refractivity contribution in [1.29, 1.82) is 0 Å². The molecular weight excluding hydrogens is 301 g/mol. The Balaban J connectivity index is 2.70. The molecule has 0 amide bonds. The molecule has 0 aliphatic carbocycles. The smallest absolute Gasteiger partial charge is 0.145 e. The molecule has 5 nitrogen and oxygen atoms in total. The topological polar surface area (TPSA) is 78.8 Å². The zero-order valence-corrected chi connectivity index (χ0v) is 12.9. The van der Waals surface area contributed by atoms with Gasteiger partial charge in [0, 0.05) is 16.8 Å². The number of ether oxygens (including phenoxy) is 1. The molecule has 0 fully saturated rings. The predicted molar refractivity (Wildman–Crippen MR) is 80.8 cm³/mol. The van der Waals surface area contributed by atoms with Crippen molar-refractivity contribution >= 4 is 24.0 Å². The molecule has 0 aromatic heterocycles. The van der Waals surface area contributed by atoms with Gasteiger partial charge in [0.2, 0.25) is 0 Å². The van der Waals surface area contributed by atoms with E-state index in [9.17, 15) is 9.67 Å². The quantitative estimate of drug-likeness (QED) is 0.504. The molecule has 3 N–H and O–H groups in total. The molecule has 0 saturated carbocycles. The number of aliphatic hydroxyl groups excluding tert-OH is 1. The Bertz CT molecular complexity index is 509. The van der Waals surface area contributed by atoms with E-state index in [2.05, 4.69) is 11.9 Å². The van der Waals surface area contributed by atoms with Crippen molar-refractivity contribution in [2.24, 2.45) is 0 Å². The van der Waals surface area contributed by atoms with Gasteiger partial charge in [-0.25, -0.2) is 0 Å². The number of hydrogen-bond donors (Lipinski definition) is 3. The van der Waals surface area contributed by atoms with Crippen LogP contribution >= 0.6 is 18.7 Å². The molecule has 112 valence electrons. The number of halogens is 1. The molecule has 0 aliphatic heterocycles. The van der Waals surface area contributed by atoms with Crippen molar-refractivity contribution in [3.05, 3.63) is 35.9 Å². The summed E-state index contributed by atoms with van der Waals surface area (Å²) in [7, 11) is -2.70. The van der Waals surface area contributed by atoms with E-state index in [-0.39, 0.29) is 12.0 Å². The molecule has 2 atom stereocenters. The van der Waals surface area contributed by atoms with E-state index in [0.29, 0.717) is 16.8 Å². The van der Waals surface area contributed by atoms with Crippen LogP contribution in [0.5, 0.6) is 5.75 Å². The second kappa shape index (κ2) is 7.81. The third-order valence-corrected chi connectivity index (χ3v) is 4.99. The Labute approximate surface area is 123 Å². The summed E-state index contributed by atoms with van der Waals surface area (Å²) in [5, 5.41) is 22.1. The van der Waals surface area contributed by atoms with Gasteiger partial charge in [-0.15, -0.1) is 0 Å². The first kappa shape index (κ1) is 17.2. The molecule has 0 aliphatic rings. The van der Waals surface area contributed by atoms with Gasteiger partial charge in [0.05, 0.1) is 6.29 Å². The van der Waals surface area contributed by atoms with Gasteiger partial charge in [0.1, 0.15) is 25.9 Å². The van der Waals surface area contributed by atoms with Gasteiger partial charge >= 0.3 is 0 Å². The average Bonchev–Trinajstić information content (AvgIpc) is 2.36. The highest BCUT2D eigenvalue weighted by Gasteiger charge is 2.21. The van der Waals surface area contributed by atoms with Crippen LogP contribution in [0, 0.1) is 0 Å². The maximum atomic E-state index is 12.6. The normalized spacial score (nSPS) is 15.6. The number of phenolic OH excluding ortho intramolecular Hbond substituents is 1. The van der Waals surface area contributed by atoms with E-state index in [4.69, 9.17) is 21.4 Å². The molecule has 20 heavy (non-hydrogen) atoms. The average molecular weight is 320 g/mol. The van der Waals surface area contributed by atoms with E-state index < -0.39 is 20.2 Å². The van der Waals surface area contributed by atoms with Crippen LogP contribution in [-0.2, 0) is 9.30 Å². The first-order chi connectivity index (χ1) is 9.35. The third kappa shape index (κ3) is 5.65. The molecule has 0 bridgehead atoms. The highest BCUT2D eigenvalue weighted by molar-refractivity contribution is 7.70. The lowest BCUT2D eigenvalue weighted by atomic mass is 10.3. The summed E-state index contributed by atoms with van der Waals surface area (Å²) in [5.74, 6) is 0.0712. The van der Waals surface area contributed by atoms with Gasteiger partial charge in [-0.05, 0) is 18.8 Å². The maximum Gasteiger partial charge on any atom is 0.145 e. The molecule has 1 rings (SSSR count). The largest absolute Gasteiger partial charge is 0.508 e. The third-order valence-electron chi connectivity index (χ3n) is 2.68. The zero-order chi connectivity index (χ0) is 15.2. The lowest BCUT2D eigenvalue weighted by Crippen LogP contribution is -2.34. The van der Waals surface area contributed by atoms with E-state index in [1.165, 1.54) is 12.1 Å². The standard InChI is InChI=1S/C13H19ClNO4P/c1-10(14)6-13(19-9-16)15-8-20(2,18)12-5-3-4-11(17)7-12/h3-5,7,13,15-17H,1,6,8-9H2,2H3. The molecule has 1 aromatic rings. The van der Waals surface area contributed by atoms with Gasteiger partial charge < -0.3 is 19.5 Å². The Kier molecular flexibility index (Phi) is 6.72. The fourth-order valence-electron chi connectivity index (χ4n) is 1.64. The lowest BCUT2D eigenvalue weighted by molar-refractivity contribution is -0.0601. The molecule has 0 spiro atoms. The van der Waals surface area contributed by atoms with Crippen LogP contribution in [0.1, 0.15) is 6.42 Å². The number of aliphatic hydroxyl groups is 1. The monoisotopic (exact) mass is 319 g/mol. The van der Waals surface area contributed by atoms with E-state index in [1.807, 2.05) is 0 Å². The highest BCUT2D eigenvalue weighted by atomic mass is 35.5. The Morgan fingerprint density at radius 1 is 1.60 bits per heavy atom. The van der Waals surface area contributed by atoms with Crippen molar-refractivity contribution in [3.8, 4) is 5.75 Å². The summed E-state index contributed by atoms with van der Waals surface area (Å²) in [6, 6.07) is 6.34. The van der Waals surface area contributed by atoms with Crippen LogP contribution in [0.15, 0.2) is 35.9 Å². The minimum absolute atomic E-state index is 0.0712. The highest BCUT2D eigenvalue weighted by Crippen LogP contribution is 2.39. The Morgan fingerprint density at radius 2 is 2.30 bits per heavy atom. The van der Waals surface area contributed by atoms with E-state index in [0.717, 1.165) is 0 Å². The lowest BCUT2D eigenvalue weighted by Gasteiger charge is -2.21. The van der Waals surface area contributed by atoms with E-state index in [1.54, 1.807) is 18.8 Å². The molecule has 0 heterocycles. The van der Waals surface area contributed by atoms with Crippen molar-refractivity contribution in [2.45, 2.75) is 12.6 Å². The van der Waals surface area contributed by atoms with Crippen LogP contribution in [0.4, 0.5) is 0 Å². The van der Waals surface area contributed by atoms with Crippen LogP contribution in [0.25, 0.3) is 0 Å². The Hall–Kier alpha value is -0.840. The SMILES string of the molecule is C=C(Cl)CC(NCP(C)(=O)c1cccc(O)c1)OCO. The van der Waals surface area contributed by atoms with E-state index >= 15 is 0 Å². The predicted octanol–water partition coefficient (Wildman–Crippen LogP) is 1.99. The van der Waals surface area contributed by atoms with Crippen molar-refractivity contribution < 1.29 is 19.5 Å². The minimum Gasteiger partial charge on any atom is -0.508 e. The summed E-state index contributed by atoms with van der Waals surface area (Å²) >= 11 is 5.70. The maximum absolute atomic E-state index is 12.6. The van der Waals surface area contributed by atoms with Gasteiger partial charge in [-0.3, -0.25) is 5.32 Å². The number of nitrogens with one attached hydrogen (secondary N) is 1. The second-order valence-corrected chi connectivity index (χ2v) is 8.06. The van der Waals surface area contributed by atoms with Crippen LogP contribution in [0.2, 0.25) is 0 Å². The zero-order valence-electron chi connectivity index (χ0n) is 11.3. The fourth-order valence-corrected chi connectivity index (χ4v) is 3.32. The van der Waals surface area contributed by atoms with Crippen molar-refractivity contribution in [3.63, 3.8) is 0 Å². The summed E-state index contributed by atoms with van der Waals surface area (Å²) in [4.78, 5) is 0. The summed E-state index contributed by atoms with van der Waals surface area (Å²) in [6.07, 6.45) is -0.108. The number of hydrogen-bond acceptors (Lipinski definition) is 5. The molecular formula is C13H19ClNO4P. The van der Waals surface area contributed by atoms with Gasteiger partial charge in [-0.1, -0.05) is 30.3 Å². The molecule has 0 saturated heterocycles. The van der Waals surface area contributed by atoms with Crippen molar-refractivity contribution in [2.75, 3.05) is 19.7 Å². The number of phenols is 1. The van der Waals surface area contributed by atoms with Gasteiger partial charge in [-0.2, -0.15) is 0 Å². The number of rotatable bonds is 8. The first-order valence-electron chi connectivity index (χ1n) is 6.00. The Morgan fingerprint density at radius 3 is 2.85 bits per heavy atom. The molecule has 1 aromatic carbocycles. The van der Waals surface area contributed by atoms with Crippen LogP contribution in [0.3, 0.4) is 0 Å². The van der Waals surface area contributed by atoms with Crippen LogP contribution < -0.4 is 10.6 Å². The number of benzene rings is 1. The minimum atomic E-state index is -2.70. The molecule has 7 heteroatoms. The summed E-state index contributed by atoms with van der Waals surface area (Å²) in [6.45, 7) is 4.69. The molecule has 0 radical (unpaired) electrons. The number of aromatic hydroxyl groups is 1.